The minimum absolute atomic E-state index is 0.248. The van der Waals surface area contributed by atoms with E-state index in [1.807, 2.05) is 4.68 Å². The molecular formula is C16H28ClN3O. The first-order valence-corrected chi connectivity index (χ1v) is 8.59. The second-order valence-corrected chi connectivity index (χ2v) is 6.50. The summed E-state index contributed by atoms with van der Waals surface area (Å²) >= 11 is 6.39. The summed E-state index contributed by atoms with van der Waals surface area (Å²) in [5, 5.41) is 8.75. The Balaban J connectivity index is 2.05. The third kappa shape index (κ3) is 4.44. The van der Waals surface area contributed by atoms with Gasteiger partial charge < -0.3 is 10.1 Å². The van der Waals surface area contributed by atoms with Gasteiger partial charge in [0.05, 0.1) is 29.1 Å². The summed E-state index contributed by atoms with van der Waals surface area (Å²) in [5.41, 5.74) is 1.12. The fourth-order valence-corrected chi connectivity index (χ4v) is 3.32. The van der Waals surface area contributed by atoms with Crippen molar-refractivity contribution in [3.05, 3.63) is 16.9 Å². The third-order valence-electron chi connectivity index (χ3n) is 4.11. The van der Waals surface area contributed by atoms with E-state index in [2.05, 4.69) is 31.2 Å². The Hall–Kier alpha value is -0.580. The van der Waals surface area contributed by atoms with E-state index >= 15 is 0 Å². The molecule has 120 valence electrons. The van der Waals surface area contributed by atoms with Gasteiger partial charge in [-0.05, 0) is 52.5 Å². The summed E-state index contributed by atoms with van der Waals surface area (Å²) in [6.07, 6.45) is 7.98. The van der Waals surface area contributed by atoms with Gasteiger partial charge in [-0.25, -0.2) is 0 Å². The van der Waals surface area contributed by atoms with Crippen molar-refractivity contribution in [3.8, 4) is 0 Å². The van der Waals surface area contributed by atoms with Gasteiger partial charge in [-0.1, -0.05) is 18.5 Å². The minimum atomic E-state index is 0.248. The van der Waals surface area contributed by atoms with E-state index in [1.165, 1.54) is 19.3 Å². The quantitative estimate of drug-likeness (QED) is 0.823. The maximum Gasteiger partial charge on any atom is 0.0834 e. The lowest BCUT2D eigenvalue weighted by Gasteiger charge is -2.26. The van der Waals surface area contributed by atoms with Crippen molar-refractivity contribution in [2.45, 2.75) is 71.1 Å². The van der Waals surface area contributed by atoms with Crippen LogP contribution in [0.25, 0.3) is 0 Å². The molecule has 4 nitrogen and oxygen atoms in total. The molecule has 1 N–H and O–H groups in total. The first-order valence-electron chi connectivity index (χ1n) is 8.21. The highest BCUT2D eigenvalue weighted by atomic mass is 35.5. The lowest BCUT2D eigenvalue weighted by molar-refractivity contribution is 0.00841. The molecule has 2 unspecified atom stereocenters. The van der Waals surface area contributed by atoms with Gasteiger partial charge in [-0.3, -0.25) is 4.68 Å². The van der Waals surface area contributed by atoms with Crippen LogP contribution in [0.3, 0.4) is 0 Å². The predicted molar refractivity (Wildman–Crippen MR) is 86.9 cm³/mol. The fourth-order valence-electron chi connectivity index (χ4n) is 3.06. The molecule has 2 heterocycles. The summed E-state index contributed by atoms with van der Waals surface area (Å²) in [7, 11) is 0. The summed E-state index contributed by atoms with van der Waals surface area (Å²) in [4.78, 5) is 0. The minimum Gasteiger partial charge on any atom is -0.378 e. The predicted octanol–water partition coefficient (Wildman–Crippen LogP) is 4.12. The van der Waals surface area contributed by atoms with Crippen molar-refractivity contribution in [2.75, 3.05) is 13.2 Å². The van der Waals surface area contributed by atoms with Crippen LogP contribution < -0.4 is 5.32 Å². The molecule has 5 heteroatoms. The van der Waals surface area contributed by atoms with E-state index in [1.54, 1.807) is 6.20 Å². The first kappa shape index (κ1) is 16.8. The van der Waals surface area contributed by atoms with Crippen LogP contribution >= 0.6 is 11.6 Å². The van der Waals surface area contributed by atoms with Gasteiger partial charge in [0, 0.05) is 12.6 Å². The second-order valence-electron chi connectivity index (χ2n) is 6.09. The summed E-state index contributed by atoms with van der Waals surface area (Å²) in [6, 6.07) is 0.567. The largest absolute Gasteiger partial charge is 0.378 e. The molecule has 0 bridgehead atoms. The van der Waals surface area contributed by atoms with Crippen molar-refractivity contribution < 1.29 is 4.74 Å². The molecule has 1 aromatic heterocycles. The normalized spacial score (nSPS) is 20.9. The molecule has 2 rings (SSSR count). The maximum absolute atomic E-state index is 6.39. The van der Waals surface area contributed by atoms with Crippen LogP contribution in [0, 0.1) is 0 Å². The molecule has 1 aliphatic heterocycles. The Labute approximate surface area is 133 Å². The number of nitrogens with zero attached hydrogens (tertiary/aromatic N) is 2. The van der Waals surface area contributed by atoms with Crippen LogP contribution in [-0.4, -0.2) is 29.0 Å². The first-order chi connectivity index (χ1) is 10.1. The van der Waals surface area contributed by atoms with Crippen LogP contribution in [0.1, 0.15) is 70.7 Å². The Morgan fingerprint density at radius 1 is 1.48 bits per heavy atom. The smallest absolute Gasteiger partial charge is 0.0834 e. The van der Waals surface area contributed by atoms with Crippen LogP contribution in [0.2, 0.25) is 5.02 Å². The van der Waals surface area contributed by atoms with Crippen molar-refractivity contribution in [1.29, 1.82) is 0 Å². The Morgan fingerprint density at radius 2 is 2.29 bits per heavy atom. The molecule has 1 aromatic rings. The highest BCUT2D eigenvalue weighted by Gasteiger charge is 2.23. The zero-order chi connectivity index (χ0) is 15.2. The van der Waals surface area contributed by atoms with Crippen molar-refractivity contribution in [2.24, 2.45) is 0 Å². The second kappa shape index (κ2) is 8.16. The number of hydrogen-bond acceptors (Lipinski definition) is 3. The maximum atomic E-state index is 6.39. The molecule has 1 fully saturated rings. The van der Waals surface area contributed by atoms with E-state index in [-0.39, 0.29) is 6.04 Å². The molecular weight excluding hydrogens is 286 g/mol. The average Bonchev–Trinajstić information content (AvgIpc) is 2.86. The van der Waals surface area contributed by atoms with Crippen LogP contribution in [0.5, 0.6) is 0 Å². The summed E-state index contributed by atoms with van der Waals surface area (Å²) in [6.45, 7) is 8.26. The molecule has 21 heavy (non-hydrogen) atoms. The molecule has 0 aliphatic carbocycles. The number of ether oxygens (including phenoxy) is 1. The molecule has 0 aromatic carbocycles. The number of aromatic nitrogens is 2. The van der Waals surface area contributed by atoms with Gasteiger partial charge in [-0.15, -0.1) is 0 Å². The average molecular weight is 314 g/mol. The molecule has 0 amide bonds. The molecule has 0 spiro atoms. The van der Waals surface area contributed by atoms with Crippen molar-refractivity contribution in [1.82, 2.24) is 15.1 Å². The SMILES string of the molecule is CCNC(CCC1CCCCO1)c1c(Cl)cnn1C(C)C. The van der Waals surface area contributed by atoms with E-state index in [0.29, 0.717) is 12.1 Å². The van der Waals surface area contributed by atoms with Gasteiger partial charge >= 0.3 is 0 Å². The van der Waals surface area contributed by atoms with Crippen molar-refractivity contribution in [3.63, 3.8) is 0 Å². The monoisotopic (exact) mass is 313 g/mol. The zero-order valence-electron chi connectivity index (χ0n) is 13.4. The van der Waals surface area contributed by atoms with E-state index in [4.69, 9.17) is 16.3 Å². The number of halogens is 1. The number of hydrogen-bond donors (Lipinski definition) is 1. The molecule has 1 saturated heterocycles. The van der Waals surface area contributed by atoms with Crippen molar-refractivity contribution >= 4 is 11.6 Å². The molecule has 0 saturated carbocycles. The topological polar surface area (TPSA) is 39.1 Å². The Morgan fingerprint density at radius 3 is 2.90 bits per heavy atom. The number of nitrogens with one attached hydrogen (secondary N) is 1. The zero-order valence-corrected chi connectivity index (χ0v) is 14.2. The van der Waals surface area contributed by atoms with E-state index in [0.717, 1.165) is 36.7 Å². The van der Waals surface area contributed by atoms with Gasteiger partial charge in [-0.2, -0.15) is 5.10 Å². The standard InChI is InChI=1S/C16H28ClN3O/c1-4-18-15(9-8-13-7-5-6-10-21-13)16-14(17)11-19-20(16)12(2)3/h11-13,15,18H,4-10H2,1-3H3. The fraction of sp³-hybridized carbons (Fsp3) is 0.812. The molecule has 1 aliphatic rings. The summed E-state index contributed by atoms with van der Waals surface area (Å²) < 4.78 is 7.89. The van der Waals surface area contributed by atoms with Gasteiger partial charge in [0.15, 0.2) is 0 Å². The number of rotatable bonds is 7. The molecule has 2 atom stereocenters. The molecule has 0 radical (unpaired) electrons. The lowest BCUT2D eigenvalue weighted by Crippen LogP contribution is -2.27. The van der Waals surface area contributed by atoms with Gasteiger partial charge in [0.25, 0.3) is 0 Å². The van der Waals surface area contributed by atoms with Crippen LogP contribution in [0.4, 0.5) is 0 Å². The highest BCUT2D eigenvalue weighted by molar-refractivity contribution is 6.31. The lowest BCUT2D eigenvalue weighted by atomic mass is 10.00. The third-order valence-corrected chi connectivity index (χ3v) is 4.40. The van der Waals surface area contributed by atoms with Gasteiger partial charge in [0.2, 0.25) is 0 Å². The van der Waals surface area contributed by atoms with Crippen LogP contribution in [-0.2, 0) is 4.74 Å². The van der Waals surface area contributed by atoms with E-state index in [9.17, 15) is 0 Å². The summed E-state index contributed by atoms with van der Waals surface area (Å²) in [5.74, 6) is 0. The highest BCUT2D eigenvalue weighted by Crippen LogP contribution is 2.30. The Bertz CT molecular complexity index is 427. The van der Waals surface area contributed by atoms with Gasteiger partial charge in [0.1, 0.15) is 0 Å². The van der Waals surface area contributed by atoms with Crippen LogP contribution in [0.15, 0.2) is 6.20 Å². The Kier molecular flexibility index (Phi) is 6.52. The van der Waals surface area contributed by atoms with E-state index < -0.39 is 0 Å².